The van der Waals surface area contributed by atoms with Gasteiger partial charge in [0.05, 0.1) is 30.5 Å². The van der Waals surface area contributed by atoms with Crippen LogP contribution < -0.4 is 25.3 Å². The summed E-state index contributed by atoms with van der Waals surface area (Å²) < 4.78 is 15.7. The van der Waals surface area contributed by atoms with Crippen molar-refractivity contribution in [3.8, 4) is 17.2 Å². The van der Waals surface area contributed by atoms with Gasteiger partial charge in [-0.25, -0.2) is 0 Å². The van der Waals surface area contributed by atoms with Crippen LogP contribution in [0.3, 0.4) is 0 Å². The summed E-state index contributed by atoms with van der Waals surface area (Å²) in [7, 11) is 2.91. The number of nitrogens with one attached hydrogen (secondary N) is 1. The Morgan fingerprint density at radius 3 is 2.40 bits per heavy atom. The molecule has 2 rings (SSSR count). The second-order valence-electron chi connectivity index (χ2n) is 4.88. The number of amides is 2. The van der Waals surface area contributed by atoms with E-state index in [0.717, 1.165) is 0 Å². The molecule has 0 aliphatic carbocycles. The molecule has 25 heavy (non-hydrogen) atoms. The minimum Gasteiger partial charge on any atom is -0.495 e. The van der Waals surface area contributed by atoms with Crippen LogP contribution in [0, 0.1) is 0 Å². The van der Waals surface area contributed by atoms with Crippen LogP contribution in [0.2, 0.25) is 5.02 Å². The molecule has 0 aromatic heterocycles. The van der Waals surface area contributed by atoms with Gasteiger partial charge in [0.2, 0.25) is 0 Å². The smallest absolute Gasteiger partial charge is 0.262 e. The summed E-state index contributed by atoms with van der Waals surface area (Å²) in [5, 5.41) is 2.99. The van der Waals surface area contributed by atoms with Crippen LogP contribution in [0.15, 0.2) is 36.4 Å². The third-order valence-electron chi connectivity index (χ3n) is 3.26. The molecule has 0 atom stereocenters. The molecular weight excluding hydrogens is 348 g/mol. The molecule has 0 unspecified atom stereocenters. The third kappa shape index (κ3) is 4.54. The average Bonchev–Trinajstić information content (AvgIpc) is 2.61. The molecule has 0 saturated carbocycles. The second-order valence-corrected chi connectivity index (χ2v) is 5.29. The lowest BCUT2D eigenvalue weighted by atomic mass is 10.2. The Morgan fingerprint density at radius 2 is 1.76 bits per heavy atom. The fourth-order valence-corrected chi connectivity index (χ4v) is 2.31. The first-order valence-electron chi connectivity index (χ1n) is 7.19. The van der Waals surface area contributed by atoms with E-state index in [9.17, 15) is 9.59 Å². The molecular formula is C17H17ClN2O5. The standard InChI is InChI=1S/C17H17ClN2O5/c1-23-14-8-12(15(24-2)7-11(14)18)20-16(21)9-25-13-6-4-3-5-10(13)17(19)22/h3-8H,9H2,1-2H3,(H2,19,22)(H,20,21). The summed E-state index contributed by atoms with van der Waals surface area (Å²) in [6.07, 6.45) is 0. The summed E-state index contributed by atoms with van der Waals surface area (Å²) in [5.74, 6) is -0.109. The van der Waals surface area contributed by atoms with E-state index in [0.29, 0.717) is 22.2 Å². The molecule has 0 heterocycles. The molecule has 8 heteroatoms. The number of primary amides is 1. The first-order chi connectivity index (χ1) is 12.0. The number of nitrogens with two attached hydrogens (primary N) is 1. The minimum atomic E-state index is -0.639. The van der Waals surface area contributed by atoms with Crippen LogP contribution in [0.5, 0.6) is 17.2 Å². The topological polar surface area (TPSA) is 99.9 Å². The summed E-state index contributed by atoms with van der Waals surface area (Å²) in [5.41, 5.74) is 5.84. The van der Waals surface area contributed by atoms with Gasteiger partial charge in [-0.3, -0.25) is 9.59 Å². The summed E-state index contributed by atoms with van der Waals surface area (Å²) in [4.78, 5) is 23.5. The molecule has 132 valence electrons. The number of ether oxygens (including phenoxy) is 3. The van der Waals surface area contributed by atoms with E-state index in [1.165, 1.54) is 32.4 Å². The normalized spacial score (nSPS) is 10.0. The Kier molecular flexibility index (Phi) is 6.08. The SMILES string of the molecule is COc1cc(NC(=O)COc2ccccc2C(N)=O)c(OC)cc1Cl. The number of rotatable bonds is 7. The number of benzene rings is 2. The van der Waals surface area contributed by atoms with E-state index in [2.05, 4.69) is 5.32 Å². The van der Waals surface area contributed by atoms with E-state index in [1.54, 1.807) is 18.2 Å². The van der Waals surface area contributed by atoms with Crippen molar-refractivity contribution in [2.45, 2.75) is 0 Å². The zero-order chi connectivity index (χ0) is 18.4. The highest BCUT2D eigenvalue weighted by Crippen LogP contribution is 2.35. The molecule has 0 fully saturated rings. The Balaban J connectivity index is 2.10. The quantitative estimate of drug-likeness (QED) is 0.786. The van der Waals surface area contributed by atoms with Gasteiger partial charge in [-0.2, -0.15) is 0 Å². The monoisotopic (exact) mass is 364 g/mol. The van der Waals surface area contributed by atoms with E-state index < -0.39 is 11.8 Å². The van der Waals surface area contributed by atoms with Crippen molar-refractivity contribution in [2.24, 2.45) is 5.73 Å². The van der Waals surface area contributed by atoms with Crippen molar-refractivity contribution in [2.75, 3.05) is 26.1 Å². The molecule has 0 saturated heterocycles. The highest BCUT2D eigenvalue weighted by Gasteiger charge is 2.14. The van der Waals surface area contributed by atoms with Crippen molar-refractivity contribution >= 4 is 29.1 Å². The van der Waals surface area contributed by atoms with Gasteiger partial charge in [0, 0.05) is 12.1 Å². The lowest BCUT2D eigenvalue weighted by Gasteiger charge is -2.14. The summed E-state index contributed by atoms with van der Waals surface area (Å²) in [6, 6.07) is 9.46. The highest BCUT2D eigenvalue weighted by molar-refractivity contribution is 6.32. The van der Waals surface area contributed by atoms with Crippen molar-refractivity contribution < 1.29 is 23.8 Å². The van der Waals surface area contributed by atoms with Crippen molar-refractivity contribution in [3.05, 3.63) is 47.0 Å². The number of hydrogen-bond acceptors (Lipinski definition) is 5. The molecule has 0 bridgehead atoms. The number of carbonyl (C=O) groups is 2. The molecule has 0 radical (unpaired) electrons. The zero-order valence-electron chi connectivity index (χ0n) is 13.7. The number of methoxy groups -OCH3 is 2. The molecule has 0 spiro atoms. The first-order valence-corrected chi connectivity index (χ1v) is 7.57. The van der Waals surface area contributed by atoms with Crippen LogP contribution in [0.25, 0.3) is 0 Å². The van der Waals surface area contributed by atoms with Crippen LogP contribution in [-0.4, -0.2) is 32.6 Å². The van der Waals surface area contributed by atoms with Crippen molar-refractivity contribution in [1.82, 2.24) is 0 Å². The van der Waals surface area contributed by atoms with E-state index >= 15 is 0 Å². The number of para-hydroxylation sites is 1. The maximum absolute atomic E-state index is 12.1. The van der Waals surface area contributed by atoms with E-state index in [1.807, 2.05) is 0 Å². The van der Waals surface area contributed by atoms with Gasteiger partial charge in [-0.05, 0) is 12.1 Å². The number of hydrogen-bond donors (Lipinski definition) is 2. The molecule has 0 aliphatic heterocycles. The first kappa shape index (κ1) is 18.4. The lowest BCUT2D eigenvalue weighted by Crippen LogP contribution is -2.22. The van der Waals surface area contributed by atoms with Gasteiger partial charge < -0.3 is 25.3 Å². The molecule has 3 N–H and O–H groups in total. The van der Waals surface area contributed by atoms with Gasteiger partial charge >= 0.3 is 0 Å². The Bertz CT molecular complexity index is 795. The fraction of sp³-hybridized carbons (Fsp3) is 0.176. The third-order valence-corrected chi connectivity index (χ3v) is 3.55. The molecule has 2 aromatic carbocycles. The number of halogens is 1. The largest absolute Gasteiger partial charge is 0.495 e. The van der Waals surface area contributed by atoms with Gasteiger partial charge in [-0.1, -0.05) is 23.7 Å². The van der Waals surface area contributed by atoms with Crippen LogP contribution in [0.4, 0.5) is 5.69 Å². The fourth-order valence-electron chi connectivity index (χ4n) is 2.08. The van der Waals surface area contributed by atoms with Crippen LogP contribution >= 0.6 is 11.6 Å². The highest BCUT2D eigenvalue weighted by atomic mass is 35.5. The Morgan fingerprint density at radius 1 is 1.08 bits per heavy atom. The lowest BCUT2D eigenvalue weighted by molar-refractivity contribution is -0.118. The molecule has 2 aromatic rings. The Labute approximate surface area is 149 Å². The molecule has 7 nitrogen and oxygen atoms in total. The second kappa shape index (κ2) is 8.25. The maximum atomic E-state index is 12.1. The van der Waals surface area contributed by atoms with Crippen LogP contribution in [-0.2, 0) is 4.79 Å². The van der Waals surface area contributed by atoms with Gasteiger partial charge in [-0.15, -0.1) is 0 Å². The van der Waals surface area contributed by atoms with Crippen molar-refractivity contribution in [1.29, 1.82) is 0 Å². The van der Waals surface area contributed by atoms with Gasteiger partial charge in [0.1, 0.15) is 17.2 Å². The minimum absolute atomic E-state index is 0.195. The van der Waals surface area contributed by atoms with E-state index in [-0.39, 0.29) is 17.9 Å². The zero-order valence-corrected chi connectivity index (χ0v) is 14.4. The van der Waals surface area contributed by atoms with Gasteiger partial charge in [0.15, 0.2) is 6.61 Å². The Hall–Kier alpha value is -2.93. The summed E-state index contributed by atoms with van der Waals surface area (Å²) >= 11 is 6.02. The van der Waals surface area contributed by atoms with E-state index in [4.69, 9.17) is 31.5 Å². The predicted octanol–water partition coefficient (Wildman–Crippen LogP) is 2.47. The molecule has 0 aliphatic rings. The number of anilines is 1. The molecule has 2 amide bonds. The predicted molar refractivity (Wildman–Crippen MR) is 93.6 cm³/mol. The van der Waals surface area contributed by atoms with Crippen molar-refractivity contribution in [3.63, 3.8) is 0 Å². The maximum Gasteiger partial charge on any atom is 0.262 e. The average molecular weight is 365 g/mol. The number of carbonyl (C=O) groups excluding carboxylic acids is 2. The van der Waals surface area contributed by atoms with Crippen LogP contribution in [0.1, 0.15) is 10.4 Å². The van der Waals surface area contributed by atoms with Gasteiger partial charge in [0.25, 0.3) is 11.8 Å². The summed E-state index contributed by atoms with van der Waals surface area (Å²) in [6.45, 7) is -0.321.